The Kier molecular flexibility index (Phi) is 7.95. The molecule has 1 amide bonds. The molecule has 134 valence electrons. The van der Waals surface area contributed by atoms with Crippen LogP contribution >= 0.6 is 34.2 Å². The third kappa shape index (κ3) is 7.36. The van der Waals surface area contributed by atoms with Gasteiger partial charge in [0.1, 0.15) is 12.1 Å². The van der Waals surface area contributed by atoms with E-state index in [1.165, 1.54) is 4.90 Å². The van der Waals surface area contributed by atoms with E-state index in [2.05, 4.69) is 22.6 Å². The smallest absolute Gasteiger partial charge is 0.326 e. The predicted molar refractivity (Wildman–Crippen MR) is 104 cm³/mol. The standard InChI is InChI=1S/C17H24ClIN2O3/c1-17(2,3)24-15(22)11-21(9-8-20(4)5)16(23)13-10-12(18)6-7-14(13)19/h6-7,10H,8-9,11H2,1-5H3. The van der Waals surface area contributed by atoms with Crippen molar-refractivity contribution < 1.29 is 14.3 Å². The maximum atomic E-state index is 12.9. The Bertz CT molecular complexity index is 600. The van der Waals surface area contributed by atoms with Crippen LogP contribution in [0.1, 0.15) is 31.1 Å². The van der Waals surface area contributed by atoms with Crippen LogP contribution in [0.2, 0.25) is 5.02 Å². The van der Waals surface area contributed by atoms with Gasteiger partial charge in [0.25, 0.3) is 5.91 Å². The third-order valence-corrected chi connectivity index (χ3v) is 4.18. The first-order chi connectivity index (χ1) is 11.0. The van der Waals surface area contributed by atoms with Crippen molar-refractivity contribution in [2.24, 2.45) is 0 Å². The van der Waals surface area contributed by atoms with Gasteiger partial charge in [-0.2, -0.15) is 0 Å². The summed E-state index contributed by atoms with van der Waals surface area (Å²) in [6, 6.07) is 5.15. The summed E-state index contributed by atoms with van der Waals surface area (Å²) in [5, 5.41) is 0.489. The van der Waals surface area contributed by atoms with Crippen molar-refractivity contribution in [3.8, 4) is 0 Å². The number of ether oxygens (including phenoxy) is 1. The van der Waals surface area contributed by atoms with Crippen LogP contribution in [-0.2, 0) is 9.53 Å². The molecule has 0 aliphatic carbocycles. The molecule has 0 fully saturated rings. The van der Waals surface area contributed by atoms with Crippen LogP contribution in [0.25, 0.3) is 0 Å². The number of esters is 1. The minimum atomic E-state index is -0.585. The van der Waals surface area contributed by atoms with Gasteiger partial charge in [0.2, 0.25) is 0 Å². The van der Waals surface area contributed by atoms with E-state index in [4.69, 9.17) is 16.3 Å². The summed E-state index contributed by atoms with van der Waals surface area (Å²) in [6.45, 7) is 6.39. The Morgan fingerprint density at radius 1 is 1.21 bits per heavy atom. The molecule has 0 saturated heterocycles. The number of rotatable bonds is 6. The van der Waals surface area contributed by atoms with E-state index in [1.54, 1.807) is 39.0 Å². The number of amides is 1. The molecule has 0 radical (unpaired) electrons. The fourth-order valence-corrected chi connectivity index (χ4v) is 2.67. The van der Waals surface area contributed by atoms with Crippen molar-refractivity contribution >= 4 is 46.1 Å². The zero-order valence-corrected chi connectivity index (χ0v) is 17.6. The van der Waals surface area contributed by atoms with E-state index in [0.29, 0.717) is 23.7 Å². The van der Waals surface area contributed by atoms with E-state index >= 15 is 0 Å². The number of hydrogen-bond donors (Lipinski definition) is 0. The molecule has 1 rings (SSSR count). The molecule has 0 unspecified atom stereocenters. The number of hydrogen-bond acceptors (Lipinski definition) is 4. The summed E-state index contributed by atoms with van der Waals surface area (Å²) in [6.07, 6.45) is 0. The number of halogens is 2. The number of benzene rings is 1. The lowest BCUT2D eigenvalue weighted by Crippen LogP contribution is -2.42. The highest BCUT2D eigenvalue weighted by atomic mass is 127. The number of nitrogens with zero attached hydrogens (tertiary/aromatic N) is 2. The van der Waals surface area contributed by atoms with E-state index in [-0.39, 0.29) is 12.5 Å². The topological polar surface area (TPSA) is 49.9 Å². The summed E-state index contributed by atoms with van der Waals surface area (Å²) in [7, 11) is 3.83. The van der Waals surface area contributed by atoms with E-state index in [0.717, 1.165) is 3.57 Å². The number of likely N-dealkylation sites (N-methyl/N-ethyl adjacent to an activating group) is 1. The van der Waals surface area contributed by atoms with Crippen LogP contribution in [0, 0.1) is 3.57 Å². The molecule has 0 atom stereocenters. The Balaban J connectivity index is 2.97. The summed E-state index contributed by atoms with van der Waals surface area (Å²) in [4.78, 5) is 28.5. The van der Waals surface area contributed by atoms with E-state index in [9.17, 15) is 9.59 Å². The van der Waals surface area contributed by atoms with Crippen molar-refractivity contribution in [2.45, 2.75) is 26.4 Å². The summed E-state index contributed by atoms with van der Waals surface area (Å²) in [5.41, 5.74) is -0.0944. The second-order valence-corrected chi connectivity index (χ2v) is 8.34. The highest BCUT2D eigenvalue weighted by molar-refractivity contribution is 14.1. The zero-order chi connectivity index (χ0) is 18.5. The van der Waals surface area contributed by atoms with Crippen molar-refractivity contribution in [3.05, 3.63) is 32.4 Å². The van der Waals surface area contributed by atoms with Gasteiger partial charge >= 0.3 is 5.97 Å². The summed E-state index contributed by atoms with van der Waals surface area (Å²) in [5.74, 6) is -0.652. The molecule has 1 aromatic carbocycles. The van der Waals surface area contributed by atoms with Gasteiger partial charge in [-0.25, -0.2) is 0 Å². The largest absolute Gasteiger partial charge is 0.459 e. The van der Waals surface area contributed by atoms with Gasteiger partial charge in [-0.3, -0.25) is 9.59 Å². The first kappa shape index (κ1) is 21.2. The molecule has 1 aromatic rings. The van der Waals surface area contributed by atoms with Crippen LogP contribution < -0.4 is 0 Å². The van der Waals surface area contributed by atoms with Crippen LogP contribution in [0.3, 0.4) is 0 Å². The van der Waals surface area contributed by atoms with Gasteiger partial charge in [-0.1, -0.05) is 11.6 Å². The van der Waals surface area contributed by atoms with Gasteiger partial charge in [-0.15, -0.1) is 0 Å². The van der Waals surface area contributed by atoms with Crippen molar-refractivity contribution in [1.29, 1.82) is 0 Å². The molecule has 0 N–H and O–H groups in total. The van der Waals surface area contributed by atoms with Gasteiger partial charge in [0, 0.05) is 21.7 Å². The molecule has 0 aromatic heterocycles. The van der Waals surface area contributed by atoms with Crippen LogP contribution in [0.4, 0.5) is 0 Å². The van der Waals surface area contributed by atoms with E-state index < -0.39 is 11.6 Å². The molecule has 5 nitrogen and oxygen atoms in total. The van der Waals surface area contributed by atoms with Gasteiger partial charge in [0.05, 0.1) is 5.56 Å². The fraction of sp³-hybridized carbons (Fsp3) is 0.529. The van der Waals surface area contributed by atoms with Crippen LogP contribution in [0.5, 0.6) is 0 Å². The van der Waals surface area contributed by atoms with Crippen molar-refractivity contribution in [2.75, 3.05) is 33.7 Å². The number of carbonyl (C=O) groups excluding carboxylic acids is 2. The van der Waals surface area contributed by atoms with E-state index in [1.807, 2.05) is 19.0 Å². The second kappa shape index (κ2) is 9.01. The molecule has 0 aliphatic heterocycles. The maximum Gasteiger partial charge on any atom is 0.326 e. The Hall–Kier alpha value is -0.860. The molecule has 0 bridgehead atoms. The highest BCUT2D eigenvalue weighted by Crippen LogP contribution is 2.20. The molecule has 7 heteroatoms. The first-order valence-electron chi connectivity index (χ1n) is 7.60. The number of carbonyl (C=O) groups is 2. The molecular weight excluding hydrogens is 443 g/mol. The van der Waals surface area contributed by atoms with Crippen molar-refractivity contribution in [1.82, 2.24) is 9.80 Å². The van der Waals surface area contributed by atoms with Gasteiger partial charge in [-0.05, 0) is 75.7 Å². The molecule has 0 heterocycles. The minimum absolute atomic E-state index is 0.0907. The SMILES string of the molecule is CN(C)CCN(CC(=O)OC(C)(C)C)C(=O)c1cc(Cl)ccc1I. The predicted octanol–water partition coefficient (Wildman–Crippen LogP) is 3.29. The summed E-state index contributed by atoms with van der Waals surface area (Å²) >= 11 is 8.10. The Morgan fingerprint density at radius 2 is 1.83 bits per heavy atom. The van der Waals surface area contributed by atoms with Crippen LogP contribution in [-0.4, -0.2) is 61.0 Å². The minimum Gasteiger partial charge on any atom is -0.459 e. The van der Waals surface area contributed by atoms with Gasteiger partial charge < -0.3 is 14.5 Å². The monoisotopic (exact) mass is 466 g/mol. The third-order valence-electron chi connectivity index (χ3n) is 3.00. The van der Waals surface area contributed by atoms with Crippen molar-refractivity contribution in [3.63, 3.8) is 0 Å². The Labute approximate surface area is 162 Å². The average Bonchev–Trinajstić information content (AvgIpc) is 2.43. The second-order valence-electron chi connectivity index (χ2n) is 6.74. The summed E-state index contributed by atoms with van der Waals surface area (Å²) < 4.78 is 6.13. The normalized spacial score (nSPS) is 11.5. The lowest BCUT2D eigenvalue weighted by molar-refractivity contribution is -0.155. The Morgan fingerprint density at radius 3 is 2.38 bits per heavy atom. The first-order valence-corrected chi connectivity index (χ1v) is 9.06. The molecule has 24 heavy (non-hydrogen) atoms. The fourth-order valence-electron chi connectivity index (χ4n) is 1.93. The molecular formula is C17H24ClIN2O3. The van der Waals surface area contributed by atoms with Crippen LogP contribution in [0.15, 0.2) is 18.2 Å². The maximum absolute atomic E-state index is 12.9. The van der Waals surface area contributed by atoms with Gasteiger partial charge in [0.15, 0.2) is 0 Å². The lowest BCUT2D eigenvalue weighted by atomic mass is 10.2. The average molecular weight is 467 g/mol. The molecule has 0 aliphatic rings. The zero-order valence-electron chi connectivity index (χ0n) is 14.7. The molecule has 0 spiro atoms. The highest BCUT2D eigenvalue weighted by Gasteiger charge is 2.24. The molecule has 0 saturated carbocycles. The lowest BCUT2D eigenvalue weighted by Gasteiger charge is -2.26. The quantitative estimate of drug-likeness (QED) is 0.477.